The van der Waals surface area contributed by atoms with Gasteiger partial charge in [0.15, 0.2) is 11.5 Å². The molecule has 0 bridgehead atoms. The predicted molar refractivity (Wildman–Crippen MR) is 124 cm³/mol. The van der Waals surface area contributed by atoms with E-state index >= 15 is 0 Å². The summed E-state index contributed by atoms with van der Waals surface area (Å²) in [4.78, 5) is 25.8. The molecule has 1 amide bonds. The van der Waals surface area contributed by atoms with Gasteiger partial charge in [-0.25, -0.2) is 14.4 Å². The summed E-state index contributed by atoms with van der Waals surface area (Å²) in [5, 5.41) is 0. The van der Waals surface area contributed by atoms with Crippen LogP contribution in [0.4, 0.5) is 10.2 Å². The lowest BCUT2D eigenvalue weighted by Gasteiger charge is -2.35. The fourth-order valence-electron chi connectivity index (χ4n) is 3.80. The first-order chi connectivity index (χ1) is 16.1. The molecule has 4 rings (SSSR count). The first-order valence-corrected chi connectivity index (χ1v) is 11.1. The molecule has 7 nitrogen and oxygen atoms in total. The molecular weight excluding hydrogens is 423 g/mol. The van der Waals surface area contributed by atoms with Crippen molar-refractivity contribution in [3.63, 3.8) is 0 Å². The summed E-state index contributed by atoms with van der Waals surface area (Å²) in [6.45, 7) is 7.29. The molecule has 8 heteroatoms. The number of anilines is 1. The van der Waals surface area contributed by atoms with Crippen molar-refractivity contribution in [3.8, 4) is 22.8 Å². The third-order valence-electron chi connectivity index (χ3n) is 5.47. The zero-order valence-corrected chi connectivity index (χ0v) is 18.8. The van der Waals surface area contributed by atoms with Crippen molar-refractivity contribution in [1.29, 1.82) is 0 Å². The molecular formula is C25H27FN4O3. The van der Waals surface area contributed by atoms with E-state index in [1.165, 1.54) is 18.5 Å². The molecule has 0 spiro atoms. The summed E-state index contributed by atoms with van der Waals surface area (Å²) in [5.74, 6) is 1.69. The Kier molecular flexibility index (Phi) is 7.02. The lowest BCUT2D eigenvalue weighted by molar-refractivity contribution is 0.0746. The number of hydrogen-bond donors (Lipinski definition) is 0. The maximum atomic E-state index is 13.2. The summed E-state index contributed by atoms with van der Waals surface area (Å²) in [6.07, 6.45) is 1.51. The van der Waals surface area contributed by atoms with Gasteiger partial charge < -0.3 is 19.3 Å². The average Bonchev–Trinajstić information content (AvgIpc) is 2.85. The van der Waals surface area contributed by atoms with Crippen LogP contribution in [0.1, 0.15) is 24.2 Å². The van der Waals surface area contributed by atoms with E-state index in [1.54, 1.807) is 30.3 Å². The van der Waals surface area contributed by atoms with Gasteiger partial charge in [-0.15, -0.1) is 0 Å². The van der Waals surface area contributed by atoms with Crippen molar-refractivity contribution < 1.29 is 18.7 Å². The molecule has 0 N–H and O–H groups in total. The van der Waals surface area contributed by atoms with Crippen LogP contribution in [0.15, 0.2) is 54.9 Å². The predicted octanol–water partition coefficient (Wildman–Crippen LogP) is 4.04. The minimum absolute atomic E-state index is 0.0339. The number of aromatic nitrogens is 2. The fourth-order valence-corrected chi connectivity index (χ4v) is 3.80. The van der Waals surface area contributed by atoms with Crippen LogP contribution in [0.25, 0.3) is 11.3 Å². The fraction of sp³-hybridized carbons (Fsp3) is 0.320. The SMILES string of the molecule is CCOc1ccc(C(=O)N2CCN(c3cc(-c4ccc(F)cc4)ncn3)CC2)cc1OCC. The van der Waals surface area contributed by atoms with E-state index in [0.29, 0.717) is 56.5 Å². The van der Waals surface area contributed by atoms with Crippen molar-refractivity contribution in [2.24, 2.45) is 0 Å². The first-order valence-electron chi connectivity index (χ1n) is 11.1. The second-order valence-electron chi connectivity index (χ2n) is 7.58. The molecule has 2 aromatic carbocycles. The van der Waals surface area contributed by atoms with Crippen molar-refractivity contribution in [3.05, 3.63) is 66.2 Å². The van der Waals surface area contributed by atoms with Crippen molar-refractivity contribution >= 4 is 11.7 Å². The molecule has 1 fully saturated rings. The Hall–Kier alpha value is -3.68. The van der Waals surface area contributed by atoms with E-state index in [0.717, 1.165) is 17.1 Å². The number of halogens is 1. The Morgan fingerprint density at radius 3 is 2.30 bits per heavy atom. The Bertz CT molecular complexity index is 1100. The Labute approximate surface area is 192 Å². The Morgan fingerprint density at radius 1 is 0.909 bits per heavy atom. The summed E-state index contributed by atoms with van der Waals surface area (Å²) < 4.78 is 24.5. The van der Waals surface area contributed by atoms with E-state index in [-0.39, 0.29) is 11.7 Å². The lowest BCUT2D eigenvalue weighted by atomic mass is 10.1. The number of piperazine rings is 1. The molecule has 0 aliphatic carbocycles. The van der Waals surface area contributed by atoms with Gasteiger partial charge in [0.2, 0.25) is 0 Å². The highest BCUT2D eigenvalue weighted by atomic mass is 19.1. The smallest absolute Gasteiger partial charge is 0.254 e. The molecule has 1 aliphatic rings. The third-order valence-corrected chi connectivity index (χ3v) is 5.47. The molecule has 1 aromatic heterocycles. The number of rotatable bonds is 7. The summed E-state index contributed by atoms with van der Waals surface area (Å²) in [7, 11) is 0. The van der Waals surface area contributed by atoms with Crippen LogP contribution in [-0.2, 0) is 0 Å². The van der Waals surface area contributed by atoms with Gasteiger partial charge in [-0.1, -0.05) is 0 Å². The van der Waals surface area contributed by atoms with Gasteiger partial charge in [0.1, 0.15) is 18.0 Å². The van der Waals surface area contributed by atoms with Crippen LogP contribution < -0.4 is 14.4 Å². The minimum Gasteiger partial charge on any atom is -0.490 e. The zero-order valence-electron chi connectivity index (χ0n) is 18.8. The van der Waals surface area contributed by atoms with Gasteiger partial charge in [-0.05, 0) is 56.3 Å². The molecule has 2 heterocycles. The average molecular weight is 451 g/mol. The second kappa shape index (κ2) is 10.3. The van der Waals surface area contributed by atoms with Gasteiger partial charge in [0.25, 0.3) is 5.91 Å². The standard InChI is InChI=1S/C25H27FN4O3/c1-3-32-22-10-7-19(15-23(22)33-4-2)25(31)30-13-11-29(12-14-30)24-16-21(27-17-28-24)18-5-8-20(26)9-6-18/h5-10,15-17H,3-4,11-14H2,1-2H3. The topological polar surface area (TPSA) is 67.8 Å². The van der Waals surface area contributed by atoms with Crippen molar-refractivity contribution in [2.75, 3.05) is 44.3 Å². The quantitative estimate of drug-likeness (QED) is 0.541. The van der Waals surface area contributed by atoms with Gasteiger partial charge in [0.05, 0.1) is 18.9 Å². The molecule has 0 atom stereocenters. The molecule has 0 radical (unpaired) electrons. The molecule has 33 heavy (non-hydrogen) atoms. The Balaban J connectivity index is 1.43. The molecule has 1 saturated heterocycles. The monoisotopic (exact) mass is 450 g/mol. The largest absolute Gasteiger partial charge is 0.490 e. The molecule has 1 aliphatic heterocycles. The second-order valence-corrected chi connectivity index (χ2v) is 7.58. The molecule has 172 valence electrons. The first kappa shape index (κ1) is 22.5. The highest BCUT2D eigenvalue weighted by molar-refractivity contribution is 5.95. The van der Waals surface area contributed by atoms with Crippen LogP contribution in [0.3, 0.4) is 0 Å². The molecule has 3 aromatic rings. The van der Waals surface area contributed by atoms with Crippen molar-refractivity contribution in [2.45, 2.75) is 13.8 Å². The maximum absolute atomic E-state index is 13.2. The summed E-state index contributed by atoms with van der Waals surface area (Å²) in [6, 6.07) is 13.4. The normalized spacial score (nSPS) is 13.7. The van der Waals surface area contributed by atoms with E-state index in [9.17, 15) is 9.18 Å². The minimum atomic E-state index is -0.283. The zero-order chi connectivity index (χ0) is 23.2. The van der Waals surface area contributed by atoms with E-state index < -0.39 is 0 Å². The number of hydrogen-bond acceptors (Lipinski definition) is 6. The van der Waals surface area contributed by atoms with E-state index in [4.69, 9.17) is 9.47 Å². The highest BCUT2D eigenvalue weighted by Gasteiger charge is 2.24. The molecule has 0 unspecified atom stereocenters. The number of carbonyl (C=O) groups excluding carboxylic acids is 1. The molecule has 0 saturated carbocycles. The Morgan fingerprint density at radius 2 is 1.61 bits per heavy atom. The van der Waals surface area contributed by atoms with Crippen LogP contribution in [0, 0.1) is 5.82 Å². The van der Waals surface area contributed by atoms with Gasteiger partial charge in [0, 0.05) is 43.4 Å². The van der Waals surface area contributed by atoms with Gasteiger partial charge >= 0.3 is 0 Å². The van der Waals surface area contributed by atoms with Gasteiger partial charge in [-0.2, -0.15) is 0 Å². The number of nitrogens with zero attached hydrogens (tertiary/aromatic N) is 4. The van der Waals surface area contributed by atoms with Crippen LogP contribution in [0.2, 0.25) is 0 Å². The number of amides is 1. The van der Waals surface area contributed by atoms with E-state index in [1.807, 2.05) is 24.8 Å². The number of benzene rings is 2. The van der Waals surface area contributed by atoms with Crippen molar-refractivity contribution in [1.82, 2.24) is 14.9 Å². The van der Waals surface area contributed by atoms with Crippen LogP contribution >= 0.6 is 0 Å². The van der Waals surface area contributed by atoms with Crippen LogP contribution in [0.5, 0.6) is 11.5 Å². The van der Waals surface area contributed by atoms with E-state index in [2.05, 4.69) is 14.9 Å². The highest BCUT2D eigenvalue weighted by Crippen LogP contribution is 2.29. The number of ether oxygens (including phenoxy) is 2. The van der Waals surface area contributed by atoms with Crippen LogP contribution in [-0.4, -0.2) is 60.2 Å². The lowest BCUT2D eigenvalue weighted by Crippen LogP contribution is -2.49. The third kappa shape index (κ3) is 5.22. The van der Waals surface area contributed by atoms with Gasteiger partial charge in [-0.3, -0.25) is 4.79 Å². The summed E-state index contributed by atoms with van der Waals surface area (Å²) in [5.41, 5.74) is 2.14. The summed E-state index contributed by atoms with van der Waals surface area (Å²) >= 11 is 0. The number of carbonyl (C=O) groups is 1. The maximum Gasteiger partial charge on any atom is 0.254 e.